The van der Waals surface area contributed by atoms with Crippen LogP contribution in [-0.2, 0) is 27.3 Å². The van der Waals surface area contributed by atoms with Crippen molar-refractivity contribution >= 4 is 28.9 Å². The number of hydrogen-bond acceptors (Lipinski definition) is 10. The molecule has 0 unspecified atom stereocenters. The van der Waals surface area contributed by atoms with Crippen molar-refractivity contribution in [3.8, 4) is 5.75 Å². The second kappa shape index (κ2) is 9.30. The number of carbonyl (C=O) groups is 3. The Bertz CT molecular complexity index is 1430. The van der Waals surface area contributed by atoms with Gasteiger partial charge in [0.2, 0.25) is 5.78 Å². The molecular weight excluding hydrogens is 528 g/mol. The molecule has 11 heteroatoms. The molecule has 4 atom stereocenters. The SMILES string of the molecule is CN(C)c1c(CN2C3CCC2CC3)cc(O)c2c1C[C@H]1C[C@H]3[C@H](N(C)C)C(=O)C(C(N)=O)=C(O)[C@@]3(O)C(=O)C1=C2O. The second-order valence-corrected chi connectivity index (χ2v) is 12.7. The lowest BCUT2D eigenvalue weighted by molar-refractivity contribution is -0.153. The summed E-state index contributed by atoms with van der Waals surface area (Å²) in [5.41, 5.74) is 4.43. The third-order valence-electron chi connectivity index (χ3n) is 10.2. The maximum absolute atomic E-state index is 14.1. The van der Waals surface area contributed by atoms with Crippen molar-refractivity contribution in [2.45, 2.75) is 68.8 Å². The van der Waals surface area contributed by atoms with E-state index in [0.717, 1.165) is 11.3 Å². The van der Waals surface area contributed by atoms with Crippen LogP contribution in [0.15, 0.2) is 23.0 Å². The summed E-state index contributed by atoms with van der Waals surface area (Å²) >= 11 is 0. The average Bonchev–Trinajstić information content (AvgIpc) is 3.44. The predicted octanol–water partition coefficient (Wildman–Crippen LogP) is 1.16. The van der Waals surface area contributed by atoms with Gasteiger partial charge in [0, 0.05) is 49.9 Å². The molecule has 1 amide bonds. The number of phenols is 1. The normalized spacial score (nSPS) is 32.9. The van der Waals surface area contributed by atoms with Crippen LogP contribution in [0.2, 0.25) is 0 Å². The highest BCUT2D eigenvalue weighted by atomic mass is 16.3. The average molecular weight is 567 g/mol. The van der Waals surface area contributed by atoms with Crippen molar-refractivity contribution in [1.29, 1.82) is 0 Å². The van der Waals surface area contributed by atoms with Crippen LogP contribution in [0.5, 0.6) is 5.75 Å². The van der Waals surface area contributed by atoms with Crippen LogP contribution in [0.25, 0.3) is 5.76 Å². The zero-order chi connectivity index (χ0) is 29.7. The van der Waals surface area contributed by atoms with Crippen LogP contribution in [0, 0.1) is 11.8 Å². The van der Waals surface area contributed by atoms with Gasteiger partial charge in [-0.05, 0) is 75.7 Å². The second-order valence-electron chi connectivity index (χ2n) is 12.7. The highest BCUT2D eigenvalue weighted by molar-refractivity contribution is 6.24. The van der Waals surface area contributed by atoms with Crippen molar-refractivity contribution in [2.75, 3.05) is 33.1 Å². The Morgan fingerprint density at radius 3 is 2.22 bits per heavy atom. The standard InChI is InChI=1S/C30H38N4O7/c1-32(2)23-14(12-34-15-5-6-16(34)8-7-15)11-19(35)21-17(23)9-13-10-18-24(33(3)4)26(37)22(29(31)40)28(39)30(18,41)27(38)20(13)25(21)36/h11,13,15-16,18,24,35-36,39,41H,5-10,12H2,1-4H3,(H2,31,40)/t13-,15?,16?,18-,24-,30-/m0/s1. The Hall–Kier alpha value is -3.41. The first kappa shape index (κ1) is 27.7. The number of fused-ring (bicyclic) bond motifs is 5. The smallest absolute Gasteiger partial charge is 0.255 e. The summed E-state index contributed by atoms with van der Waals surface area (Å²) in [6.45, 7) is 0.665. The molecule has 41 heavy (non-hydrogen) atoms. The van der Waals surface area contributed by atoms with Crippen molar-refractivity contribution in [2.24, 2.45) is 17.6 Å². The van der Waals surface area contributed by atoms with Crippen molar-refractivity contribution in [1.82, 2.24) is 9.80 Å². The molecule has 2 saturated heterocycles. The van der Waals surface area contributed by atoms with E-state index in [9.17, 15) is 34.8 Å². The maximum Gasteiger partial charge on any atom is 0.255 e. The van der Waals surface area contributed by atoms with Gasteiger partial charge in [0.15, 0.2) is 11.4 Å². The molecule has 5 aliphatic rings. The monoisotopic (exact) mass is 566 g/mol. The minimum absolute atomic E-state index is 0.0693. The van der Waals surface area contributed by atoms with Gasteiger partial charge in [0.25, 0.3) is 5.91 Å². The third kappa shape index (κ3) is 3.71. The van der Waals surface area contributed by atoms with Crippen LogP contribution in [0.1, 0.15) is 48.8 Å². The molecule has 220 valence electrons. The number of nitrogens with zero attached hydrogens (tertiary/aromatic N) is 3. The van der Waals surface area contributed by atoms with Gasteiger partial charge in [-0.25, -0.2) is 0 Å². The number of aliphatic hydroxyl groups excluding tert-OH is 2. The number of carbonyl (C=O) groups excluding carboxylic acids is 3. The molecule has 1 saturated carbocycles. The summed E-state index contributed by atoms with van der Waals surface area (Å²) in [6, 6.07) is 1.60. The number of ketones is 2. The fourth-order valence-electron chi connectivity index (χ4n) is 8.52. The number of rotatable bonds is 5. The Morgan fingerprint density at radius 2 is 1.68 bits per heavy atom. The van der Waals surface area contributed by atoms with Crippen molar-refractivity contribution in [3.63, 3.8) is 0 Å². The van der Waals surface area contributed by atoms with E-state index < -0.39 is 58.0 Å². The number of likely N-dealkylation sites (N-methyl/N-ethyl adjacent to an activating group) is 1. The Labute approximate surface area is 238 Å². The number of aliphatic hydroxyl groups is 3. The van der Waals surface area contributed by atoms with Gasteiger partial charge in [-0.1, -0.05) is 0 Å². The summed E-state index contributed by atoms with van der Waals surface area (Å²) in [5.74, 6) is -6.42. The van der Waals surface area contributed by atoms with Gasteiger partial charge in [-0.3, -0.25) is 24.2 Å². The molecule has 2 heterocycles. The van der Waals surface area contributed by atoms with E-state index in [1.165, 1.54) is 30.6 Å². The number of Topliss-reactive ketones (excluding diaryl/α,β-unsaturated/α-hetero) is 2. The first-order chi connectivity index (χ1) is 19.3. The molecule has 11 nitrogen and oxygen atoms in total. The van der Waals surface area contributed by atoms with Crippen molar-refractivity contribution in [3.05, 3.63) is 39.7 Å². The number of nitrogens with two attached hydrogens (primary N) is 1. The van der Waals surface area contributed by atoms with Crippen LogP contribution in [0.3, 0.4) is 0 Å². The molecule has 2 bridgehead atoms. The lowest BCUT2D eigenvalue weighted by Gasteiger charge is -2.50. The Balaban J connectivity index is 1.50. The predicted molar refractivity (Wildman–Crippen MR) is 150 cm³/mol. The van der Waals surface area contributed by atoms with E-state index in [2.05, 4.69) is 4.90 Å². The fraction of sp³-hybridized carbons (Fsp3) is 0.567. The van der Waals surface area contributed by atoms with Crippen LogP contribution < -0.4 is 10.6 Å². The van der Waals surface area contributed by atoms with Crippen LogP contribution in [-0.4, -0.2) is 99.6 Å². The molecule has 1 aromatic rings. The number of amides is 1. The van der Waals surface area contributed by atoms with Gasteiger partial charge < -0.3 is 31.1 Å². The summed E-state index contributed by atoms with van der Waals surface area (Å²) in [4.78, 5) is 45.5. The van der Waals surface area contributed by atoms with Gasteiger partial charge >= 0.3 is 0 Å². The number of benzene rings is 1. The number of phenolic OH excluding ortho intramolecular Hbond substituents is 1. The summed E-state index contributed by atoms with van der Waals surface area (Å²) in [7, 11) is 7.00. The minimum Gasteiger partial charge on any atom is -0.508 e. The number of anilines is 1. The minimum atomic E-state index is -2.64. The zero-order valence-corrected chi connectivity index (χ0v) is 23.8. The lowest BCUT2D eigenvalue weighted by atomic mass is 9.57. The summed E-state index contributed by atoms with van der Waals surface area (Å²) < 4.78 is 0. The molecule has 2 aliphatic heterocycles. The van der Waals surface area contributed by atoms with Gasteiger partial charge in [-0.2, -0.15) is 0 Å². The maximum atomic E-state index is 14.1. The van der Waals surface area contributed by atoms with E-state index in [-0.39, 0.29) is 29.7 Å². The number of aromatic hydroxyl groups is 1. The topological polar surface area (TPSA) is 168 Å². The van der Waals surface area contributed by atoms with Crippen molar-refractivity contribution < 1.29 is 34.8 Å². The molecule has 0 radical (unpaired) electrons. The lowest BCUT2D eigenvalue weighted by Crippen LogP contribution is -2.65. The zero-order valence-electron chi connectivity index (χ0n) is 23.8. The third-order valence-corrected chi connectivity index (χ3v) is 10.2. The Morgan fingerprint density at radius 1 is 1.07 bits per heavy atom. The molecule has 1 aromatic carbocycles. The van der Waals surface area contributed by atoms with E-state index in [1.807, 2.05) is 19.0 Å². The Kier molecular flexibility index (Phi) is 6.29. The number of hydrogen-bond donors (Lipinski definition) is 5. The van der Waals surface area contributed by atoms with Crippen LogP contribution in [0.4, 0.5) is 5.69 Å². The first-order valence-corrected chi connectivity index (χ1v) is 14.2. The summed E-state index contributed by atoms with van der Waals surface area (Å²) in [6.07, 6.45) is 5.03. The fourth-order valence-corrected chi connectivity index (χ4v) is 8.52. The van der Waals surface area contributed by atoms with E-state index >= 15 is 0 Å². The molecule has 3 fully saturated rings. The molecule has 3 aliphatic carbocycles. The molecule has 0 spiro atoms. The molecular formula is C30H38N4O7. The van der Waals surface area contributed by atoms with Gasteiger partial charge in [-0.15, -0.1) is 0 Å². The molecule has 6 rings (SSSR count). The van der Waals surface area contributed by atoms with Gasteiger partial charge in [0.05, 0.1) is 11.6 Å². The highest BCUT2D eigenvalue weighted by Gasteiger charge is 2.64. The first-order valence-electron chi connectivity index (χ1n) is 14.2. The molecule has 0 aromatic heterocycles. The van der Waals surface area contributed by atoms with E-state index in [1.54, 1.807) is 20.2 Å². The number of primary amides is 1. The van der Waals surface area contributed by atoms with E-state index in [4.69, 9.17) is 5.73 Å². The van der Waals surface area contributed by atoms with Crippen LogP contribution >= 0.6 is 0 Å². The molecule has 6 N–H and O–H groups in total. The quantitative estimate of drug-likeness (QED) is 0.326. The summed E-state index contributed by atoms with van der Waals surface area (Å²) in [5, 5.41) is 45.6. The highest BCUT2D eigenvalue weighted by Crippen LogP contribution is 2.54. The van der Waals surface area contributed by atoms with Gasteiger partial charge in [0.1, 0.15) is 22.8 Å². The van der Waals surface area contributed by atoms with E-state index in [0.29, 0.717) is 24.2 Å². The largest absolute Gasteiger partial charge is 0.508 e.